The summed E-state index contributed by atoms with van der Waals surface area (Å²) in [6, 6.07) is 18.5. The number of benzene rings is 2. The molecule has 2 atom stereocenters. The average molecular weight is 442 g/mol. The molecule has 0 heterocycles. The van der Waals surface area contributed by atoms with E-state index in [4.69, 9.17) is 9.47 Å². The summed E-state index contributed by atoms with van der Waals surface area (Å²) in [7, 11) is 1.66. The number of rotatable bonds is 12. The number of carbonyl (C=O) groups excluding carboxylic acids is 1. The van der Waals surface area contributed by atoms with Gasteiger partial charge in [-0.3, -0.25) is 9.69 Å². The first-order valence-electron chi connectivity index (χ1n) is 11.5. The number of carbonyl (C=O) groups is 1. The Balaban J connectivity index is 2.33. The first kappa shape index (κ1) is 25.9. The second-order valence-electron chi connectivity index (χ2n) is 9.27. The van der Waals surface area contributed by atoms with Gasteiger partial charge in [-0.05, 0) is 70.2 Å². The van der Waals surface area contributed by atoms with Crippen LogP contribution >= 0.6 is 0 Å². The number of aliphatic hydroxyl groups excluding tert-OH is 1. The Labute approximate surface area is 193 Å². The fraction of sp³-hybridized carbons (Fsp3) is 0.519. The van der Waals surface area contributed by atoms with Gasteiger partial charge in [0.1, 0.15) is 11.4 Å². The van der Waals surface area contributed by atoms with Crippen molar-refractivity contribution in [1.29, 1.82) is 0 Å². The minimum atomic E-state index is -0.515. The summed E-state index contributed by atoms with van der Waals surface area (Å²) in [6.45, 7) is 8.75. The minimum Gasteiger partial charge on any atom is -0.497 e. The van der Waals surface area contributed by atoms with Crippen molar-refractivity contribution in [2.24, 2.45) is 0 Å². The molecule has 0 unspecified atom stereocenters. The summed E-state index contributed by atoms with van der Waals surface area (Å²) in [5.74, 6) is 0.635. The summed E-state index contributed by atoms with van der Waals surface area (Å²) in [5.41, 5.74) is 1.85. The summed E-state index contributed by atoms with van der Waals surface area (Å²) in [5, 5.41) is 9.31. The van der Waals surface area contributed by atoms with Gasteiger partial charge in [0, 0.05) is 25.2 Å². The van der Waals surface area contributed by atoms with Gasteiger partial charge in [0.05, 0.1) is 13.5 Å². The van der Waals surface area contributed by atoms with E-state index in [-0.39, 0.29) is 24.7 Å². The molecule has 1 N–H and O–H groups in total. The Hall–Kier alpha value is -2.37. The molecule has 0 aliphatic rings. The highest BCUT2D eigenvalue weighted by Gasteiger charge is 2.29. The summed E-state index contributed by atoms with van der Waals surface area (Å²) >= 11 is 0. The summed E-state index contributed by atoms with van der Waals surface area (Å²) < 4.78 is 11.0. The molecule has 0 aromatic heterocycles. The van der Waals surface area contributed by atoms with Crippen LogP contribution in [0.1, 0.15) is 70.5 Å². The number of esters is 1. The quantitative estimate of drug-likeness (QED) is 0.347. The van der Waals surface area contributed by atoms with E-state index in [1.807, 2.05) is 51.1 Å². The lowest BCUT2D eigenvalue weighted by Gasteiger charge is -2.37. The maximum atomic E-state index is 12.8. The largest absolute Gasteiger partial charge is 0.497 e. The third-order valence-electron chi connectivity index (χ3n) is 5.54. The summed E-state index contributed by atoms with van der Waals surface area (Å²) in [6.07, 6.45) is 2.70. The molecule has 0 saturated heterocycles. The lowest BCUT2D eigenvalue weighted by atomic mass is 9.98. The van der Waals surface area contributed by atoms with Crippen LogP contribution in [0, 0.1) is 0 Å². The van der Waals surface area contributed by atoms with E-state index in [0.717, 1.165) is 37.1 Å². The van der Waals surface area contributed by atoms with Crippen LogP contribution in [0.3, 0.4) is 0 Å². The standard InChI is InChI=1S/C27H39NO4/c1-21(23-14-16-25(31-5)17-15-23)28(20-22-11-7-6-8-12-22)24(13-9-10-18-29)19-26(30)32-27(2,3)4/h6-8,11-12,14-17,21,24,29H,9-10,13,18-20H2,1-5H3/t21-,24-/m1/s1. The third-order valence-corrected chi connectivity index (χ3v) is 5.54. The molecule has 5 nitrogen and oxygen atoms in total. The van der Waals surface area contributed by atoms with Gasteiger partial charge in [0.25, 0.3) is 0 Å². The molecule has 32 heavy (non-hydrogen) atoms. The van der Waals surface area contributed by atoms with E-state index in [1.165, 1.54) is 5.56 Å². The molecule has 0 aliphatic carbocycles. The molecule has 0 radical (unpaired) electrons. The Morgan fingerprint density at radius 3 is 2.25 bits per heavy atom. The second kappa shape index (κ2) is 12.6. The third kappa shape index (κ3) is 8.64. The van der Waals surface area contributed by atoms with Crippen LogP contribution in [0.5, 0.6) is 5.75 Å². The first-order chi connectivity index (χ1) is 15.2. The second-order valence-corrected chi connectivity index (χ2v) is 9.27. The van der Waals surface area contributed by atoms with Crippen LogP contribution in [0.2, 0.25) is 0 Å². The molecular formula is C27H39NO4. The molecule has 2 rings (SSSR count). The van der Waals surface area contributed by atoms with Crippen LogP contribution in [-0.2, 0) is 16.1 Å². The van der Waals surface area contributed by atoms with E-state index < -0.39 is 5.60 Å². The normalized spacial score (nSPS) is 13.6. The molecular weight excluding hydrogens is 402 g/mol. The van der Waals surface area contributed by atoms with E-state index in [1.54, 1.807) is 7.11 Å². The number of unbranched alkanes of at least 4 members (excludes halogenated alkanes) is 1. The molecule has 0 bridgehead atoms. The van der Waals surface area contributed by atoms with Gasteiger partial charge < -0.3 is 14.6 Å². The summed E-state index contributed by atoms with van der Waals surface area (Å²) in [4.78, 5) is 15.2. The molecule has 0 saturated carbocycles. The Kier molecular flexibility index (Phi) is 10.2. The van der Waals surface area contributed by atoms with Gasteiger partial charge >= 0.3 is 5.97 Å². The number of methoxy groups -OCH3 is 1. The Morgan fingerprint density at radius 2 is 1.69 bits per heavy atom. The van der Waals surface area contributed by atoms with Gasteiger partial charge in [-0.1, -0.05) is 42.5 Å². The van der Waals surface area contributed by atoms with Gasteiger partial charge in [0.15, 0.2) is 0 Å². The van der Waals surface area contributed by atoms with Crippen molar-refractivity contribution in [3.05, 3.63) is 65.7 Å². The number of hydrogen-bond donors (Lipinski definition) is 1. The van der Waals surface area contributed by atoms with Crippen molar-refractivity contribution in [1.82, 2.24) is 4.90 Å². The predicted molar refractivity (Wildman–Crippen MR) is 129 cm³/mol. The smallest absolute Gasteiger partial charge is 0.307 e. The molecule has 176 valence electrons. The molecule has 0 spiro atoms. The van der Waals surface area contributed by atoms with Crippen molar-refractivity contribution in [2.75, 3.05) is 13.7 Å². The van der Waals surface area contributed by atoms with Crippen LogP contribution in [0.4, 0.5) is 0 Å². The minimum absolute atomic E-state index is 0.00583. The molecule has 0 fully saturated rings. The highest BCUT2D eigenvalue weighted by Crippen LogP contribution is 2.30. The van der Waals surface area contributed by atoms with Crippen molar-refractivity contribution < 1.29 is 19.4 Å². The lowest BCUT2D eigenvalue weighted by molar-refractivity contribution is -0.156. The van der Waals surface area contributed by atoms with Crippen molar-refractivity contribution >= 4 is 5.97 Å². The van der Waals surface area contributed by atoms with E-state index in [2.05, 4.69) is 36.1 Å². The molecule has 0 aliphatic heterocycles. The topological polar surface area (TPSA) is 59.0 Å². The maximum absolute atomic E-state index is 12.8. The average Bonchev–Trinajstić information content (AvgIpc) is 2.76. The van der Waals surface area contributed by atoms with E-state index in [9.17, 15) is 9.90 Å². The zero-order valence-corrected chi connectivity index (χ0v) is 20.2. The predicted octanol–water partition coefficient (Wildman–Crippen LogP) is 5.52. The van der Waals surface area contributed by atoms with Crippen LogP contribution in [-0.4, -0.2) is 41.3 Å². The van der Waals surface area contributed by atoms with Gasteiger partial charge in [-0.25, -0.2) is 0 Å². The fourth-order valence-corrected chi connectivity index (χ4v) is 3.90. The lowest BCUT2D eigenvalue weighted by Crippen LogP contribution is -2.39. The number of ether oxygens (including phenoxy) is 2. The zero-order chi connectivity index (χ0) is 23.6. The number of hydrogen-bond acceptors (Lipinski definition) is 5. The zero-order valence-electron chi connectivity index (χ0n) is 20.2. The van der Waals surface area contributed by atoms with Crippen LogP contribution in [0.25, 0.3) is 0 Å². The van der Waals surface area contributed by atoms with Crippen molar-refractivity contribution in [3.63, 3.8) is 0 Å². The SMILES string of the molecule is COc1ccc([C@@H](C)N(Cc2ccccc2)[C@H](CCCCO)CC(=O)OC(C)(C)C)cc1. The van der Waals surface area contributed by atoms with Gasteiger partial charge in [0.2, 0.25) is 0 Å². The van der Waals surface area contributed by atoms with Crippen LogP contribution in [0.15, 0.2) is 54.6 Å². The molecule has 2 aromatic rings. The van der Waals surface area contributed by atoms with Crippen molar-refractivity contribution in [3.8, 4) is 5.75 Å². The van der Waals surface area contributed by atoms with E-state index in [0.29, 0.717) is 6.42 Å². The molecule has 0 amide bonds. The Bertz CT molecular complexity index is 799. The number of aliphatic hydroxyl groups is 1. The number of nitrogens with zero attached hydrogens (tertiary/aromatic N) is 1. The fourth-order valence-electron chi connectivity index (χ4n) is 3.90. The van der Waals surface area contributed by atoms with Crippen LogP contribution < -0.4 is 4.74 Å². The maximum Gasteiger partial charge on any atom is 0.307 e. The molecule has 5 heteroatoms. The van der Waals surface area contributed by atoms with Crippen molar-refractivity contribution in [2.45, 2.75) is 77.6 Å². The highest BCUT2D eigenvalue weighted by molar-refractivity contribution is 5.70. The molecule has 2 aromatic carbocycles. The highest BCUT2D eigenvalue weighted by atomic mass is 16.6. The van der Waals surface area contributed by atoms with Gasteiger partial charge in [-0.15, -0.1) is 0 Å². The monoisotopic (exact) mass is 441 g/mol. The van der Waals surface area contributed by atoms with Gasteiger partial charge in [-0.2, -0.15) is 0 Å². The first-order valence-corrected chi connectivity index (χ1v) is 11.5. The Morgan fingerprint density at radius 1 is 1.03 bits per heavy atom. The van der Waals surface area contributed by atoms with E-state index >= 15 is 0 Å².